The number of rotatable bonds is 0. The van der Waals surface area contributed by atoms with E-state index in [-0.39, 0.29) is 0 Å². The molecule has 3 N–H and O–H groups in total. The van der Waals surface area contributed by atoms with Crippen LogP contribution in [-0.4, -0.2) is 17.1 Å². The van der Waals surface area contributed by atoms with E-state index in [0.717, 1.165) is 82.3 Å². The lowest BCUT2D eigenvalue weighted by Crippen LogP contribution is -2.39. The van der Waals surface area contributed by atoms with Crippen LogP contribution in [0.25, 0.3) is 22.5 Å². The summed E-state index contributed by atoms with van der Waals surface area (Å²) in [6, 6.07) is 18.0. The van der Waals surface area contributed by atoms with Crippen molar-refractivity contribution in [3.8, 4) is 11.1 Å². The lowest BCUT2D eigenvalue weighted by molar-refractivity contribution is 0.325. The zero-order valence-electron chi connectivity index (χ0n) is 19.3. The third-order valence-electron chi connectivity index (χ3n) is 7.10. The average molecular weight is 448 g/mol. The van der Waals surface area contributed by atoms with Crippen LogP contribution in [0.2, 0.25) is 0 Å². The number of benzene rings is 2. The third kappa shape index (κ3) is 4.03. The zero-order chi connectivity index (χ0) is 23.1. The summed E-state index contributed by atoms with van der Waals surface area (Å²) in [5.41, 5.74) is 8.23. The van der Waals surface area contributed by atoms with Crippen LogP contribution in [0.1, 0.15) is 36.8 Å². The van der Waals surface area contributed by atoms with Gasteiger partial charge in [-0.15, -0.1) is 0 Å². The third-order valence-corrected chi connectivity index (χ3v) is 7.10. The second kappa shape index (κ2) is 8.58. The Morgan fingerprint density at radius 3 is 2.53 bits per heavy atom. The minimum Gasteiger partial charge on any atom is -0.382 e. The van der Waals surface area contributed by atoms with Crippen LogP contribution in [0, 0.1) is 0 Å². The molecule has 3 aromatic rings. The van der Waals surface area contributed by atoms with Gasteiger partial charge >= 0.3 is 0 Å². The van der Waals surface area contributed by atoms with E-state index in [1.54, 1.807) is 0 Å². The smallest absolute Gasteiger partial charge is 0.0960 e. The Hall–Kier alpha value is -3.70. The van der Waals surface area contributed by atoms with E-state index < -0.39 is 0 Å². The molecule has 170 valence electrons. The molecule has 1 aromatic heterocycles. The van der Waals surface area contributed by atoms with E-state index in [2.05, 4.69) is 82.6 Å². The fraction of sp³-hybridized carbons (Fsp3) is 0.241. The summed E-state index contributed by atoms with van der Waals surface area (Å²) in [7, 11) is 0. The second-order valence-electron chi connectivity index (χ2n) is 9.51. The van der Waals surface area contributed by atoms with Gasteiger partial charge in [-0.05, 0) is 72.7 Å². The number of aromatic nitrogens is 1. The first-order valence-corrected chi connectivity index (χ1v) is 12.1. The molecule has 8 bridgehead atoms. The summed E-state index contributed by atoms with van der Waals surface area (Å²) in [6.07, 6.45) is 8.50. The van der Waals surface area contributed by atoms with Crippen LogP contribution in [0.3, 0.4) is 0 Å². The molecule has 0 atom stereocenters. The van der Waals surface area contributed by atoms with Gasteiger partial charge in [-0.1, -0.05) is 31.4 Å². The van der Waals surface area contributed by atoms with Crippen molar-refractivity contribution in [2.45, 2.75) is 44.3 Å². The summed E-state index contributed by atoms with van der Waals surface area (Å²) < 4.78 is 0. The minimum absolute atomic E-state index is 0.459. The van der Waals surface area contributed by atoms with Gasteiger partial charge < -0.3 is 16.0 Å². The van der Waals surface area contributed by atoms with E-state index in [0.29, 0.717) is 12.1 Å². The van der Waals surface area contributed by atoms with Gasteiger partial charge in [-0.25, -0.2) is 4.99 Å². The minimum atomic E-state index is 0.459. The van der Waals surface area contributed by atoms with Crippen molar-refractivity contribution in [1.82, 2.24) is 15.6 Å². The first-order chi connectivity index (χ1) is 16.6. The van der Waals surface area contributed by atoms with Gasteiger partial charge in [0.2, 0.25) is 0 Å². The molecule has 1 aliphatic carbocycles. The van der Waals surface area contributed by atoms with Gasteiger partial charge in [0.05, 0.1) is 16.8 Å². The molecule has 2 aromatic carbocycles. The Morgan fingerprint density at radius 1 is 0.794 bits per heavy atom. The lowest BCUT2D eigenvalue weighted by Gasteiger charge is -2.31. The fourth-order valence-electron chi connectivity index (χ4n) is 5.15. The van der Waals surface area contributed by atoms with Crippen LogP contribution in [0.4, 0.5) is 5.69 Å². The van der Waals surface area contributed by atoms with E-state index in [1.807, 2.05) is 12.4 Å². The van der Waals surface area contributed by atoms with E-state index in [1.165, 1.54) is 5.56 Å². The molecule has 0 unspecified atom stereocenters. The van der Waals surface area contributed by atoms with Crippen molar-refractivity contribution in [2.75, 3.05) is 5.32 Å². The maximum Gasteiger partial charge on any atom is 0.0960 e. The van der Waals surface area contributed by atoms with Gasteiger partial charge in [0.15, 0.2) is 0 Å². The number of anilines is 1. The fourth-order valence-corrected chi connectivity index (χ4v) is 5.15. The van der Waals surface area contributed by atoms with Crippen molar-refractivity contribution in [3.05, 3.63) is 101 Å². The van der Waals surface area contributed by atoms with Crippen molar-refractivity contribution < 1.29 is 0 Å². The molecule has 0 spiro atoms. The molecule has 1 fully saturated rings. The Morgan fingerprint density at radius 2 is 1.65 bits per heavy atom. The summed E-state index contributed by atoms with van der Waals surface area (Å²) in [4.78, 5) is 9.22. The quantitative estimate of drug-likeness (QED) is 0.486. The van der Waals surface area contributed by atoms with E-state index in [9.17, 15) is 0 Å². The molecular formula is C29H29N5. The number of hydrogen-bond donors (Lipinski definition) is 3. The molecule has 0 amide bonds. The maximum absolute atomic E-state index is 4.69. The van der Waals surface area contributed by atoms with Crippen LogP contribution < -0.4 is 26.5 Å². The van der Waals surface area contributed by atoms with Gasteiger partial charge in [0.1, 0.15) is 0 Å². The molecule has 3 aliphatic heterocycles. The molecule has 34 heavy (non-hydrogen) atoms. The second-order valence-corrected chi connectivity index (χ2v) is 9.51. The molecule has 5 heteroatoms. The Labute approximate surface area is 200 Å². The van der Waals surface area contributed by atoms with E-state index in [4.69, 9.17) is 4.99 Å². The van der Waals surface area contributed by atoms with Crippen molar-refractivity contribution >= 4 is 17.1 Å². The van der Waals surface area contributed by atoms with Crippen molar-refractivity contribution in [3.63, 3.8) is 0 Å². The highest BCUT2D eigenvalue weighted by Gasteiger charge is 2.21. The molecule has 5 nitrogen and oxygen atoms in total. The maximum atomic E-state index is 4.69. The van der Waals surface area contributed by atoms with Gasteiger partial charge in [0.25, 0.3) is 0 Å². The highest BCUT2D eigenvalue weighted by atomic mass is 15.0. The van der Waals surface area contributed by atoms with Crippen LogP contribution in [-0.2, 0) is 6.54 Å². The average Bonchev–Trinajstić information content (AvgIpc) is 2.84. The molecule has 1 saturated carbocycles. The standard InChI is InChI=1S/C29H29N5/c1-18-21-4-3-5-26(13-21)33-19(2)29-27-14-22(6-11-28(27)34-29)23-12-20(15-30-17-23)16-31-24-7-9-25(32-18)10-8-24/h3-6,11-15,17,24-25,31-33H,1-2,7-10,16H2. The summed E-state index contributed by atoms with van der Waals surface area (Å²) >= 11 is 0. The molecule has 0 radical (unpaired) electrons. The molecule has 7 rings (SSSR count). The highest BCUT2D eigenvalue weighted by Crippen LogP contribution is 2.25. The van der Waals surface area contributed by atoms with Crippen LogP contribution >= 0.6 is 0 Å². The van der Waals surface area contributed by atoms with E-state index >= 15 is 0 Å². The van der Waals surface area contributed by atoms with Crippen molar-refractivity contribution in [1.29, 1.82) is 0 Å². The Balaban J connectivity index is 1.38. The number of pyridine rings is 1. The van der Waals surface area contributed by atoms with Crippen LogP contribution in [0.15, 0.2) is 84.8 Å². The van der Waals surface area contributed by atoms with Gasteiger partial charge in [-0.2, -0.15) is 0 Å². The predicted molar refractivity (Wildman–Crippen MR) is 138 cm³/mol. The summed E-state index contributed by atoms with van der Waals surface area (Å²) in [6.45, 7) is 9.43. The molecule has 4 heterocycles. The Bertz CT molecular complexity index is 1410. The SMILES string of the molecule is C=C1Nc2cccc(c2)C(=C)NC2CCC(CC2)NCc2cncc(c2)-c2ccc3c(c2)=C1N=3. The summed E-state index contributed by atoms with van der Waals surface area (Å²) in [5, 5.41) is 13.0. The number of nitrogens with zero attached hydrogens (tertiary/aromatic N) is 2. The molecule has 0 saturated heterocycles. The normalized spacial score (nSPS) is 21.6. The first-order valence-electron chi connectivity index (χ1n) is 12.1. The first kappa shape index (κ1) is 20.9. The van der Waals surface area contributed by atoms with Crippen molar-refractivity contribution in [2.24, 2.45) is 4.99 Å². The molecular weight excluding hydrogens is 418 g/mol. The number of hydrogen-bond acceptors (Lipinski definition) is 5. The number of nitrogens with one attached hydrogen (secondary N) is 3. The van der Waals surface area contributed by atoms with Gasteiger partial charge in [-0.3, -0.25) is 4.98 Å². The van der Waals surface area contributed by atoms with Crippen LogP contribution in [0.5, 0.6) is 0 Å². The zero-order valence-corrected chi connectivity index (χ0v) is 19.3. The largest absolute Gasteiger partial charge is 0.382 e. The molecule has 4 aliphatic rings. The highest BCUT2D eigenvalue weighted by molar-refractivity contribution is 5.75. The lowest BCUT2D eigenvalue weighted by atomic mass is 9.90. The predicted octanol–water partition coefficient (Wildman–Crippen LogP) is 4.09. The topological polar surface area (TPSA) is 61.3 Å². The Kier molecular flexibility index (Phi) is 5.27. The van der Waals surface area contributed by atoms with Gasteiger partial charge in [0, 0.05) is 53.2 Å². The monoisotopic (exact) mass is 447 g/mol. The number of fused-ring (bicyclic) bond motifs is 5. The summed E-state index contributed by atoms with van der Waals surface area (Å²) in [5.74, 6) is 0.